The summed E-state index contributed by atoms with van der Waals surface area (Å²) in [4.78, 5) is 0. The van der Waals surface area contributed by atoms with Gasteiger partial charge in [0.25, 0.3) is 0 Å². The van der Waals surface area contributed by atoms with Crippen LogP contribution in [0.1, 0.15) is 29.4 Å². The molecule has 0 saturated carbocycles. The summed E-state index contributed by atoms with van der Waals surface area (Å²) in [7, 11) is 1.94. The van der Waals surface area contributed by atoms with Crippen LogP contribution in [0.2, 0.25) is 0 Å². The SMILES string of the molecule is CCn1c(C)cc(CNCc2cnn(C)c2)c1C. The number of nitrogens with one attached hydrogen (secondary N) is 1. The quantitative estimate of drug-likeness (QED) is 0.877. The van der Waals surface area contributed by atoms with Gasteiger partial charge < -0.3 is 9.88 Å². The van der Waals surface area contributed by atoms with Crippen molar-refractivity contribution < 1.29 is 0 Å². The van der Waals surface area contributed by atoms with Crippen molar-refractivity contribution in [2.75, 3.05) is 0 Å². The molecule has 4 nitrogen and oxygen atoms in total. The minimum atomic E-state index is 0.865. The number of nitrogens with zero attached hydrogens (tertiary/aromatic N) is 3. The average molecular weight is 246 g/mol. The summed E-state index contributed by atoms with van der Waals surface area (Å²) in [5.41, 5.74) is 5.32. The van der Waals surface area contributed by atoms with Crippen LogP contribution in [0.25, 0.3) is 0 Å². The predicted octanol–water partition coefficient (Wildman–Crippen LogP) is 2.15. The van der Waals surface area contributed by atoms with Crippen LogP contribution in [0.3, 0.4) is 0 Å². The molecule has 2 heterocycles. The molecule has 0 atom stereocenters. The summed E-state index contributed by atoms with van der Waals surface area (Å²) in [6.07, 6.45) is 3.95. The van der Waals surface area contributed by atoms with Gasteiger partial charge in [0.15, 0.2) is 0 Å². The second-order valence-corrected chi connectivity index (χ2v) is 4.77. The zero-order valence-electron chi connectivity index (χ0n) is 11.7. The van der Waals surface area contributed by atoms with Gasteiger partial charge in [-0.15, -0.1) is 0 Å². The van der Waals surface area contributed by atoms with Crippen molar-refractivity contribution in [3.63, 3.8) is 0 Å². The first kappa shape index (κ1) is 12.9. The summed E-state index contributed by atoms with van der Waals surface area (Å²) in [6, 6.07) is 2.27. The van der Waals surface area contributed by atoms with Crippen LogP contribution in [0, 0.1) is 13.8 Å². The lowest BCUT2D eigenvalue weighted by Crippen LogP contribution is -2.13. The van der Waals surface area contributed by atoms with Crippen LogP contribution in [0.15, 0.2) is 18.5 Å². The summed E-state index contributed by atoms with van der Waals surface area (Å²) >= 11 is 0. The van der Waals surface area contributed by atoms with Crippen molar-refractivity contribution in [2.45, 2.75) is 40.4 Å². The highest BCUT2D eigenvalue weighted by atomic mass is 15.2. The summed E-state index contributed by atoms with van der Waals surface area (Å²) in [5, 5.41) is 7.63. The molecule has 0 unspecified atom stereocenters. The number of hydrogen-bond donors (Lipinski definition) is 1. The molecule has 0 aliphatic rings. The Bertz CT molecular complexity index is 522. The van der Waals surface area contributed by atoms with Gasteiger partial charge in [0.05, 0.1) is 6.20 Å². The highest BCUT2D eigenvalue weighted by molar-refractivity contribution is 5.26. The predicted molar refractivity (Wildman–Crippen MR) is 73.3 cm³/mol. The fourth-order valence-corrected chi connectivity index (χ4v) is 2.44. The first-order chi connectivity index (χ1) is 8.61. The first-order valence-corrected chi connectivity index (χ1v) is 6.45. The fraction of sp³-hybridized carbons (Fsp3) is 0.500. The molecule has 0 spiro atoms. The Balaban J connectivity index is 1.94. The third-order valence-corrected chi connectivity index (χ3v) is 3.40. The molecule has 0 aromatic carbocycles. The van der Waals surface area contributed by atoms with Crippen LogP contribution >= 0.6 is 0 Å². The van der Waals surface area contributed by atoms with Crippen molar-refractivity contribution in [1.29, 1.82) is 0 Å². The smallest absolute Gasteiger partial charge is 0.0534 e. The molecule has 0 amide bonds. The van der Waals surface area contributed by atoms with Gasteiger partial charge in [-0.05, 0) is 32.4 Å². The topological polar surface area (TPSA) is 34.8 Å². The Labute approximate surface area is 109 Å². The molecular weight excluding hydrogens is 224 g/mol. The third kappa shape index (κ3) is 2.64. The van der Waals surface area contributed by atoms with E-state index in [-0.39, 0.29) is 0 Å². The van der Waals surface area contributed by atoms with Gasteiger partial charge >= 0.3 is 0 Å². The van der Waals surface area contributed by atoms with Crippen LogP contribution in [0.4, 0.5) is 0 Å². The van der Waals surface area contributed by atoms with E-state index in [2.05, 4.69) is 41.8 Å². The van der Waals surface area contributed by atoms with Gasteiger partial charge in [-0.25, -0.2) is 0 Å². The largest absolute Gasteiger partial charge is 0.349 e. The molecule has 0 aliphatic heterocycles. The van der Waals surface area contributed by atoms with Crippen molar-refractivity contribution in [3.05, 3.63) is 41.0 Å². The summed E-state index contributed by atoms with van der Waals surface area (Å²) in [6.45, 7) is 9.37. The van der Waals surface area contributed by atoms with E-state index in [0.29, 0.717) is 0 Å². The molecule has 18 heavy (non-hydrogen) atoms. The lowest BCUT2D eigenvalue weighted by molar-refractivity contribution is 0.675. The van der Waals surface area contributed by atoms with E-state index in [1.165, 1.54) is 22.5 Å². The van der Waals surface area contributed by atoms with Crippen LogP contribution in [-0.4, -0.2) is 14.3 Å². The van der Waals surface area contributed by atoms with Crippen LogP contribution < -0.4 is 5.32 Å². The molecule has 4 heteroatoms. The second kappa shape index (κ2) is 5.40. The second-order valence-electron chi connectivity index (χ2n) is 4.77. The summed E-state index contributed by atoms with van der Waals surface area (Å²) < 4.78 is 4.18. The zero-order valence-corrected chi connectivity index (χ0v) is 11.7. The van der Waals surface area contributed by atoms with Crippen molar-refractivity contribution in [3.8, 4) is 0 Å². The van der Waals surface area contributed by atoms with Gasteiger partial charge in [-0.3, -0.25) is 4.68 Å². The molecule has 1 N–H and O–H groups in total. The molecule has 2 aromatic rings. The first-order valence-electron chi connectivity index (χ1n) is 6.45. The maximum absolute atomic E-state index is 4.16. The Morgan fingerprint density at radius 1 is 1.28 bits per heavy atom. The Hall–Kier alpha value is -1.55. The van der Waals surface area contributed by atoms with Gasteiger partial charge in [0, 0.05) is 49.8 Å². The van der Waals surface area contributed by atoms with Crippen molar-refractivity contribution in [1.82, 2.24) is 19.7 Å². The molecule has 2 aromatic heterocycles. The lowest BCUT2D eigenvalue weighted by Gasteiger charge is -2.06. The molecule has 0 radical (unpaired) electrons. The summed E-state index contributed by atoms with van der Waals surface area (Å²) in [5.74, 6) is 0. The Morgan fingerprint density at radius 2 is 2.06 bits per heavy atom. The number of hydrogen-bond acceptors (Lipinski definition) is 2. The minimum Gasteiger partial charge on any atom is -0.349 e. The van der Waals surface area contributed by atoms with Crippen LogP contribution in [-0.2, 0) is 26.7 Å². The molecule has 0 fully saturated rings. The molecule has 98 valence electrons. The van der Waals surface area contributed by atoms with E-state index in [9.17, 15) is 0 Å². The minimum absolute atomic E-state index is 0.865. The zero-order chi connectivity index (χ0) is 13.1. The average Bonchev–Trinajstić information content (AvgIpc) is 2.85. The van der Waals surface area contributed by atoms with E-state index in [0.717, 1.165) is 19.6 Å². The van der Waals surface area contributed by atoms with E-state index in [4.69, 9.17) is 0 Å². The fourth-order valence-electron chi connectivity index (χ4n) is 2.44. The van der Waals surface area contributed by atoms with E-state index in [1.807, 2.05) is 24.1 Å². The molecule has 0 bridgehead atoms. The third-order valence-electron chi connectivity index (χ3n) is 3.40. The number of aryl methyl sites for hydroxylation is 2. The van der Waals surface area contributed by atoms with Gasteiger partial charge in [-0.1, -0.05) is 0 Å². The molecule has 0 aliphatic carbocycles. The van der Waals surface area contributed by atoms with E-state index >= 15 is 0 Å². The highest BCUT2D eigenvalue weighted by Gasteiger charge is 2.07. The molecule has 2 rings (SSSR count). The van der Waals surface area contributed by atoms with E-state index in [1.54, 1.807) is 0 Å². The highest BCUT2D eigenvalue weighted by Crippen LogP contribution is 2.14. The van der Waals surface area contributed by atoms with Crippen LogP contribution in [0.5, 0.6) is 0 Å². The maximum atomic E-state index is 4.16. The van der Waals surface area contributed by atoms with Gasteiger partial charge in [-0.2, -0.15) is 5.10 Å². The Morgan fingerprint density at radius 3 is 2.61 bits per heavy atom. The monoisotopic (exact) mass is 246 g/mol. The van der Waals surface area contributed by atoms with Gasteiger partial charge in [0.1, 0.15) is 0 Å². The van der Waals surface area contributed by atoms with E-state index < -0.39 is 0 Å². The lowest BCUT2D eigenvalue weighted by atomic mass is 10.2. The standard InChI is InChI=1S/C14H22N4/c1-5-18-11(2)6-14(12(18)3)9-15-7-13-8-16-17(4)10-13/h6,8,10,15H,5,7,9H2,1-4H3. The molecular formula is C14H22N4. The number of rotatable bonds is 5. The maximum Gasteiger partial charge on any atom is 0.0534 e. The number of aromatic nitrogens is 3. The van der Waals surface area contributed by atoms with Gasteiger partial charge in [0.2, 0.25) is 0 Å². The Kier molecular flexibility index (Phi) is 3.87. The van der Waals surface area contributed by atoms with Crippen molar-refractivity contribution >= 4 is 0 Å². The normalized spacial score (nSPS) is 11.1. The van der Waals surface area contributed by atoms with Crippen molar-refractivity contribution in [2.24, 2.45) is 7.05 Å². The molecule has 0 saturated heterocycles.